The van der Waals surface area contributed by atoms with E-state index >= 15 is 0 Å². The summed E-state index contributed by atoms with van der Waals surface area (Å²) in [6.07, 6.45) is 0.376. The van der Waals surface area contributed by atoms with Gasteiger partial charge in [-0.15, -0.1) is 0 Å². The Kier molecular flexibility index (Phi) is 12.2. The van der Waals surface area contributed by atoms with Crippen LogP contribution in [0.15, 0.2) is 41.6 Å². The molecule has 0 radical (unpaired) electrons. The first kappa shape index (κ1) is 33.7. The number of hydrogen-bond acceptors (Lipinski definition) is 9. The molecular weight excluding hydrogens is 574 g/mol. The quantitative estimate of drug-likeness (QED) is 0.231. The molecule has 1 heterocycles. The SMILES string of the molecule is COC(=O)C(NC(=O)OCc1ccccc1)=C1CCC2(CC1)OCCO2.COC(=O)N[C@H](C(=O)O)C1CCC(F)(F)CC1. The number of hydrogen-bond donors (Lipinski definition) is 3. The number of methoxy groups -OCH3 is 2. The lowest BCUT2D eigenvalue weighted by molar-refractivity contribution is -0.171. The molecule has 4 rings (SSSR count). The Morgan fingerprint density at radius 3 is 2.09 bits per heavy atom. The number of carboxylic acids is 1. The fourth-order valence-electron chi connectivity index (χ4n) is 5.18. The number of carboxylic acid groups (broad SMARTS) is 1. The van der Waals surface area contributed by atoms with Crippen molar-refractivity contribution >= 4 is 24.1 Å². The Morgan fingerprint density at radius 1 is 0.953 bits per heavy atom. The maximum Gasteiger partial charge on any atom is 0.412 e. The van der Waals surface area contributed by atoms with Crippen molar-refractivity contribution in [3.8, 4) is 0 Å². The molecule has 238 valence electrons. The fourth-order valence-corrected chi connectivity index (χ4v) is 5.18. The van der Waals surface area contributed by atoms with Crippen LogP contribution in [0.1, 0.15) is 56.9 Å². The number of halogens is 2. The van der Waals surface area contributed by atoms with Crippen LogP contribution in [0.25, 0.3) is 0 Å². The van der Waals surface area contributed by atoms with Crippen LogP contribution in [-0.4, -0.2) is 74.4 Å². The highest BCUT2D eigenvalue weighted by atomic mass is 19.3. The first-order chi connectivity index (χ1) is 20.5. The number of carbonyl (C=O) groups is 4. The van der Waals surface area contributed by atoms with Crippen LogP contribution in [-0.2, 0) is 39.9 Å². The van der Waals surface area contributed by atoms with E-state index in [0.717, 1.165) is 18.2 Å². The van der Waals surface area contributed by atoms with E-state index in [1.165, 1.54) is 7.11 Å². The second-order valence-corrected chi connectivity index (χ2v) is 10.4. The molecule has 3 aliphatic rings. The van der Waals surface area contributed by atoms with E-state index in [-0.39, 0.29) is 38.0 Å². The first-order valence-electron chi connectivity index (χ1n) is 14.0. The number of allylic oxidation sites excluding steroid dienone is 1. The maximum atomic E-state index is 12.9. The van der Waals surface area contributed by atoms with Crippen LogP contribution in [0.3, 0.4) is 0 Å². The lowest BCUT2D eigenvalue weighted by Gasteiger charge is -2.33. The third-order valence-corrected chi connectivity index (χ3v) is 7.57. The summed E-state index contributed by atoms with van der Waals surface area (Å²) in [5, 5.41) is 13.6. The smallest absolute Gasteiger partial charge is 0.412 e. The monoisotopic (exact) mass is 612 g/mol. The predicted octanol–water partition coefficient (Wildman–Crippen LogP) is 4.28. The molecule has 1 spiro atoms. The number of carbonyl (C=O) groups excluding carboxylic acids is 3. The Morgan fingerprint density at radius 2 is 1.56 bits per heavy atom. The van der Waals surface area contributed by atoms with Gasteiger partial charge in [-0.1, -0.05) is 30.3 Å². The van der Waals surface area contributed by atoms with Crippen LogP contribution in [0.2, 0.25) is 0 Å². The van der Waals surface area contributed by atoms with Gasteiger partial charge in [0.15, 0.2) is 5.79 Å². The van der Waals surface area contributed by atoms with Gasteiger partial charge >= 0.3 is 24.1 Å². The summed E-state index contributed by atoms with van der Waals surface area (Å²) >= 11 is 0. The Balaban J connectivity index is 0.000000259. The van der Waals surface area contributed by atoms with Crippen molar-refractivity contribution in [1.82, 2.24) is 10.6 Å². The molecule has 0 aromatic heterocycles. The van der Waals surface area contributed by atoms with Crippen molar-refractivity contribution in [3.63, 3.8) is 0 Å². The van der Waals surface area contributed by atoms with Gasteiger partial charge in [0, 0.05) is 25.7 Å². The van der Waals surface area contributed by atoms with Gasteiger partial charge in [0.25, 0.3) is 0 Å². The van der Waals surface area contributed by atoms with Gasteiger partial charge in [0.2, 0.25) is 5.92 Å². The molecule has 12 nitrogen and oxygen atoms in total. The number of amides is 2. The normalized spacial score (nSPS) is 19.7. The van der Waals surface area contributed by atoms with E-state index in [1.807, 2.05) is 30.3 Å². The van der Waals surface area contributed by atoms with Gasteiger partial charge in [0.05, 0.1) is 27.4 Å². The highest BCUT2D eigenvalue weighted by molar-refractivity contribution is 5.93. The Hall–Kier alpha value is -3.78. The molecule has 0 bridgehead atoms. The van der Waals surface area contributed by atoms with Crippen LogP contribution in [0.5, 0.6) is 0 Å². The second-order valence-electron chi connectivity index (χ2n) is 10.4. The molecule has 1 aliphatic heterocycles. The van der Waals surface area contributed by atoms with Crippen molar-refractivity contribution in [2.75, 3.05) is 27.4 Å². The molecule has 3 fully saturated rings. The third-order valence-electron chi connectivity index (χ3n) is 7.57. The maximum absolute atomic E-state index is 12.9. The molecule has 3 N–H and O–H groups in total. The van der Waals surface area contributed by atoms with E-state index in [9.17, 15) is 28.0 Å². The fraction of sp³-hybridized carbons (Fsp3) is 0.586. The summed E-state index contributed by atoms with van der Waals surface area (Å²) in [7, 11) is 2.40. The largest absolute Gasteiger partial charge is 0.480 e. The highest BCUT2D eigenvalue weighted by Crippen LogP contribution is 2.39. The molecule has 2 aliphatic carbocycles. The summed E-state index contributed by atoms with van der Waals surface area (Å²) in [4.78, 5) is 46.1. The minimum atomic E-state index is -2.72. The van der Waals surface area contributed by atoms with Crippen molar-refractivity contribution in [2.45, 2.75) is 75.7 Å². The van der Waals surface area contributed by atoms with Gasteiger partial charge in [-0.3, -0.25) is 5.32 Å². The Bertz CT molecular complexity index is 1130. The number of ether oxygens (including phenoxy) is 5. The summed E-state index contributed by atoms with van der Waals surface area (Å²) in [6, 6.07) is 8.16. The lowest BCUT2D eigenvalue weighted by Crippen LogP contribution is -2.47. The Labute approximate surface area is 248 Å². The summed E-state index contributed by atoms with van der Waals surface area (Å²) in [5.41, 5.74) is 1.83. The van der Waals surface area contributed by atoms with Crippen LogP contribution < -0.4 is 10.6 Å². The lowest BCUT2D eigenvalue weighted by atomic mass is 9.82. The number of esters is 1. The van der Waals surface area contributed by atoms with Crippen LogP contribution in [0.4, 0.5) is 18.4 Å². The number of rotatable bonds is 7. The van der Waals surface area contributed by atoms with Crippen molar-refractivity contribution < 1.29 is 56.7 Å². The van der Waals surface area contributed by atoms with E-state index in [0.29, 0.717) is 38.9 Å². The zero-order valence-corrected chi connectivity index (χ0v) is 24.2. The summed E-state index contributed by atoms with van der Waals surface area (Å²) in [6.45, 7) is 1.31. The van der Waals surface area contributed by atoms with Crippen molar-refractivity contribution in [3.05, 3.63) is 47.2 Å². The average molecular weight is 613 g/mol. The van der Waals surface area contributed by atoms with E-state index in [1.54, 1.807) is 0 Å². The predicted molar refractivity (Wildman–Crippen MR) is 146 cm³/mol. The number of nitrogens with one attached hydrogen (secondary N) is 2. The molecular formula is C29H38F2N2O10. The van der Waals surface area contributed by atoms with E-state index < -0.39 is 47.8 Å². The minimum absolute atomic E-state index is 0.0773. The first-order valence-corrected chi connectivity index (χ1v) is 14.0. The van der Waals surface area contributed by atoms with Crippen LogP contribution >= 0.6 is 0 Å². The third kappa shape index (κ3) is 10.2. The molecule has 0 unspecified atom stereocenters. The topological polar surface area (TPSA) is 159 Å². The number of alkyl halides is 2. The molecule has 14 heteroatoms. The molecule has 2 saturated carbocycles. The van der Waals surface area contributed by atoms with Gasteiger partial charge in [-0.05, 0) is 42.7 Å². The number of aliphatic carboxylic acids is 1. The molecule has 43 heavy (non-hydrogen) atoms. The number of alkyl carbamates (subject to hydrolysis) is 2. The van der Waals surface area contributed by atoms with E-state index in [4.69, 9.17) is 24.1 Å². The molecule has 2 amide bonds. The average Bonchev–Trinajstić information content (AvgIpc) is 3.46. The van der Waals surface area contributed by atoms with Gasteiger partial charge in [-0.2, -0.15) is 0 Å². The molecule has 1 saturated heterocycles. The van der Waals surface area contributed by atoms with Crippen LogP contribution in [0, 0.1) is 5.92 Å². The zero-order chi connectivity index (χ0) is 31.5. The zero-order valence-electron chi connectivity index (χ0n) is 24.2. The summed E-state index contributed by atoms with van der Waals surface area (Å²) in [5.74, 6) is -5.55. The molecule has 1 aromatic rings. The number of benzene rings is 1. The van der Waals surface area contributed by atoms with Gasteiger partial charge in [0.1, 0.15) is 18.3 Å². The van der Waals surface area contributed by atoms with Gasteiger partial charge in [-0.25, -0.2) is 28.0 Å². The molecule has 1 atom stereocenters. The second kappa shape index (κ2) is 15.6. The van der Waals surface area contributed by atoms with Gasteiger partial charge < -0.3 is 34.1 Å². The van der Waals surface area contributed by atoms with Crippen molar-refractivity contribution in [1.29, 1.82) is 0 Å². The minimum Gasteiger partial charge on any atom is -0.480 e. The standard InChI is InChI=1S/C19H23NO6.C10H15F2NO4/c1-23-17(21)16(15-7-9-19(10-8-15)25-11-12-26-19)20-18(22)24-13-14-5-3-2-4-6-14;1-17-9(16)13-7(8(14)15)6-2-4-10(11,12)5-3-6/h2-6H,7-13H2,1H3,(H,20,22);6-7H,2-5H2,1H3,(H,13,16)(H,14,15)/t;7-/m.0/s1. The van der Waals surface area contributed by atoms with E-state index in [2.05, 4.69) is 15.4 Å². The molecule has 1 aromatic carbocycles. The highest BCUT2D eigenvalue weighted by Gasteiger charge is 2.41. The summed E-state index contributed by atoms with van der Waals surface area (Å²) < 4.78 is 51.5. The van der Waals surface area contributed by atoms with Crippen molar-refractivity contribution in [2.24, 2.45) is 5.92 Å².